The molecular weight excluding hydrogens is 448 g/mol. The van der Waals surface area contributed by atoms with E-state index in [0.29, 0.717) is 31.0 Å². The summed E-state index contributed by atoms with van der Waals surface area (Å²) in [7, 11) is 1.60. The lowest BCUT2D eigenvalue weighted by atomic mass is 9.98. The van der Waals surface area contributed by atoms with Crippen LogP contribution in [0.4, 0.5) is 4.79 Å². The van der Waals surface area contributed by atoms with Crippen molar-refractivity contribution in [1.29, 1.82) is 0 Å². The van der Waals surface area contributed by atoms with E-state index in [0.717, 1.165) is 23.7 Å². The number of likely N-dealkylation sites (tertiary alicyclic amines) is 1. The zero-order chi connectivity index (χ0) is 21.1. The SMILES string of the molecule is COc1ccc(C(=O)N2CCC(N3C(=O)OC[C@H]3Cc3ccccc3)CC2)cc1Br. The van der Waals surface area contributed by atoms with Crippen molar-refractivity contribution in [2.45, 2.75) is 31.3 Å². The number of rotatable bonds is 5. The third kappa shape index (κ3) is 4.31. The van der Waals surface area contributed by atoms with Gasteiger partial charge in [0.05, 0.1) is 17.6 Å². The van der Waals surface area contributed by atoms with Crippen molar-refractivity contribution in [2.75, 3.05) is 26.8 Å². The van der Waals surface area contributed by atoms with Crippen molar-refractivity contribution < 1.29 is 19.1 Å². The number of hydrogen-bond acceptors (Lipinski definition) is 4. The molecule has 0 unspecified atom stereocenters. The molecule has 0 spiro atoms. The molecule has 0 aliphatic carbocycles. The Kier molecular flexibility index (Phi) is 6.27. The number of piperidine rings is 1. The van der Waals surface area contributed by atoms with Crippen LogP contribution in [0, 0.1) is 0 Å². The monoisotopic (exact) mass is 472 g/mol. The second-order valence-electron chi connectivity index (χ2n) is 7.70. The van der Waals surface area contributed by atoms with Gasteiger partial charge in [0.1, 0.15) is 12.4 Å². The van der Waals surface area contributed by atoms with Gasteiger partial charge in [-0.05, 0) is 59.0 Å². The van der Waals surface area contributed by atoms with Gasteiger partial charge in [-0.3, -0.25) is 9.69 Å². The molecule has 2 aromatic rings. The number of halogens is 1. The molecule has 4 rings (SSSR count). The maximum atomic E-state index is 12.9. The van der Waals surface area contributed by atoms with E-state index in [9.17, 15) is 9.59 Å². The Morgan fingerprint density at radius 1 is 1.17 bits per heavy atom. The van der Waals surface area contributed by atoms with Crippen LogP contribution in [0.15, 0.2) is 53.0 Å². The minimum Gasteiger partial charge on any atom is -0.496 e. The average molecular weight is 473 g/mol. The summed E-state index contributed by atoms with van der Waals surface area (Å²) in [5.74, 6) is 0.698. The first-order valence-corrected chi connectivity index (χ1v) is 11.0. The number of hydrogen-bond donors (Lipinski definition) is 0. The van der Waals surface area contributed by atoms with Crippen molar-refractivity contribution >= 4 is 27.9 Å². The largest absolute Gasteiger partial charge is 0.496 e. The van der Waals surface area contributed by atoms with E-state index in [4.69, 9.17) is 9.47 Å². The molecule has 2 amide bonds. The third-order valence-corrected chi connectivity index (χ3v) is 6.48. The van der Waals surface area contributed by atoms with Crippen LogP contribution >= 0.6 is 15.9 Å². The molecular formula is C23H25BrN2O4. The highest BCUT2D eigenvalue weighted by Crippen LogP contribution is 2.29. The number of carbonyl (C=O) groups excluding carboxylic acids is 2. The molecule has 30 heavy (non-hydrogen) atoms. The van der Waals surface area contributed by atoms with Crippen LogP contribution in [0.1, 0.15) is 28.8 Å². The molecule has 2 aromatic carbocycles. The summed E-state index contributed by atoms with van der Waals surface area (Å²) in [4.78, 5) is 29.1. The molecule has 0 radical (unpaired) electrons. The Morgan fingerprint density at radius 3 is 2.57 bits per heavy atom. The molecule has 1 atom stereocenters. The maximum Gasteiger partial charge on any atom is 0.410 e. The lowest BCUT2D eigenvalue weighted by molar-refractivity contribution is 0.0636. The fraction of sp³-hybridized carbons (Fsp3) is 0.391. The summed E-state index contributed by atoms with van der Waals surface area (Å²) in [6.45, 7) is 1.66. The zero-order valence-electron chi connectivity index (χ0n) is 16.9. The van der Waals surface area contributed by atoms with Gasteiger partial charge in [-0.25, -0.2) is 4.79 Å². The topological polar surface area (TPSA) is 59.1 Å². The van der Waals surface area contributed by atoms with Crippen LogP contribution < -0.4 is 4.74 Å². The van der Waals surface area contributed by atoms with Crippen LogP contribution in [0.3, 0.4) is 0 Å². The Bertz CT molecular complexity index is 913. The lowest BCUT2D eigenvalue weighted by Crippen LogP contribution is -2.50. The molecule has 0 aromatic heterocycles. The van der Waals surface area contributed by atoms with Crippen LogP contribution in [0.2, 0.25) is 0 Å². The zero-order valence-corrected chi connectivity index (χ0v) is 18.5. The molecule has 0 N–H and O–H groups in total. The number of carbonyl (C=O) groups is 2. The summed E-state index contributed by atoms with van der Waals surface area (Å²) < 4.78 is 11.4. The molecule has 2 saturated heterocycles. The summed E-state index contributed by atoms with van der Waals surface area (Å²) >= 11 is 3.44. The Hall–Kier alpha value is -2.54. The Morgan fingerprint density at radius 2 is 1.90 bits per heavy atom. The number of benzene rings is 2. The van der Waals surface area contributed by atoms with Gasteiger partial charge in [0.15, 0.2) is 0 Å². The number of nitrogens with zero attached hydrogens (tertiary/aromatic N) is 2. The van der Waals surface area contributed by atoms with E-state index in [-0.39, 0.29) is 24.1 Å². The first-order chi connectivity index (χ1) is 14.6. The van der Waals surface area contributed by atoms with Crippen molar-refractivity contribution in [3.05, 3.63) is 64.1 Å². The summed E-state index contributed by atoms with van der Waals surface area (Å²) in [6, 6.07) is 15.7. The van der Waals surface area contributed by atoms with Crippen LogP contribution in [-0.2, 0) is 11.2 Å². The number of ether oxygens (including phenoxy) is 2. The van der Waals surface area contributed by atoms with E-state index in [1.54, 1.807) is 25.3 Å². The van der Waals surface area contributed by atoms with Gasteiger partial charge in [-0.15, -0.1) is 0 Å². The van der Waals surface area contributed by atoms with Crippen LogP contribution in [0.5, 0.6) is 5.75 Å². The molecule has 158 valence electrons. The van der Waals surface area contributed by atoms with E-state index in [1.165, 1.54) is 5.56 Å². The first-order valence-electron chi connectivity index (χ1n) is 10.2. The van der Waals surface area contributed by atoms with Gasteiger partial charge in [0.2, 0.25) is 0 Å². The highest BCUT2D eigenvalue weighted by molar-refractivity contribution is 9.10. The third-order valence-electron chi connectivity index (χ3n) is 5.86. The predicted molar refractivity (Wildman–Crippen MR) is 117 cm³/mol. The van der Waals surface area contributed by atoms with Crippen molar-refractivity contribution in [3.8, 4) is 5.75 Å². The van der Waals surface area contributed by atoms with Crippen molar-refractivity contribution in [1.82, 2.24) is 9.80 Å². The predicted octanol–water partition coefficient (Wildman–Crippen LogP) is 4.13. The molecule has 2 aliphatic rings. The van der Waals surface area contributed by atoms with Gasteiger partial charge in [-0.1, -0.05) is 30.3 Å². The van der Waals surface area contributed by atoms with Crippen molar-refractivity contribution in [3.63, 3.8) is 0 Å². The van der Waals surface area contributed by atoms with Gasteiger partial charge in [0.25, 0.3) is 5.91 Å². The smallest absolute Gasteiger partial charge is 0.410 e. The molecule has 2 fully saturated rings. The average Bonchev–Trinajstić information content (AvgIpc) is 3.14. The standard InChI is InChI=1S/C23H25BrN2O4/c1-29-21-8-7-17(14-20(21)24)22(27)25-11-9-18(10-12-25)26-19(15-30-23(26)28)13-16-5-3-2-4-6-16/h2-8,14,18-19H,9-13,15H2,1H3/t19-/m1/s1. The van der Waals surface area contributed by atoms with Crippen molar-refractivity contribution in [2.24, 2.45) is 0 Å². The normalized spacial score (nSPS) is 19.7. The number of amides is 2. The van der Waals surface area contributed by atoms with Gasteiger partial charge < -0.3 is 14.4 Å². The fourth-order valence-electron chi connectivity index (χ4n) is 4.29. The second kappa shape index (κ2) is 9.08. The quantitative estimate of drug-likeness (QED) is 0.656. The highest BCUT2D eigenvalue weighted by atomic mass is 79.9. The molecule has 0 saturated carbocycles. The second-order valence-corrected chi connectivity index (χ2v) is 8.55. The summed E-state index contributed by atoms with van der Waals surface area (Å²) in [5, 5.41) is 0. The van der Waals surface area contributed by atoms with Gasteiger partial charge in [0, 0.05) is 24.7 Å². The molecule has 6 nitrogen and oxygen atoms in total. The lowest BCUT2D eigenvalue weighted by Gasteiger charge is -2.38. The minimum absolute atomic E-state index is 0.00152. The van der Waals surface area contributed by atoms with Gasteiger partial charge >= 0.3 is 6.09 Å². The first kappa shape index (κ1) is 20.7. The molecule has 7 heteroatoms. The van der Waals surface area contributed by atoms with E-state index >= 15 is 0 Å². The van der Waals surface area contributed by atoms with Crippen LogP contribution in [0.25, 0.3) is 0 Å². The fourth-order valence-corrected chi connectivity index (χ4v) is 4.83. The highest BCUT2D eigenvalue weighted by Gasteiger charge is 2.39. The summed E-state index contributed by atoms with van der Waals surface area (Å²) in [6.07, 6.45) is 2.05. The number of cyclic esters (lactones) is 1. The Balaban J connectivity index is 1.39. The Labute approximate surface area is 184 Å². The summed E-state index contributed by atoms with van der Waals surface area (Å²) in [5.41, 5.74) is 1.83. The van der Waals surface area contributed by atoms with E-state index in [2.05, 4.69) is 28.1 Å². The maximum absolute atomic E-state index is 12.9. The molecule has 0 bridgehead atoms. The van der Waals surface area contributed by atoms with Gasteiger partial charge in [-0.2, -0.15) is 0 Å². The van der Waals surface area contributed by atoms with E-state index in [1.807, 2.05) is 28.0 Å². The minimum atomic E-state index is -0.236. The molecule has 2 aliphatic heterocycles. The van der Waals surface area contributed by atoms with Crippen LogP contribution in [-0.4, -0.2) is 60.7 Å². The van der Waals surface area contributed by atoms with E-state index < -0.39 is 0 Å². The number of methoxy groups -OCH3 is 1. The molecule has 2 heterocycles.